The van der Waals surface area contributed by atoms with Crippen molar-refractivity contribution in [1.82, 2.24) is 0 Å². The van der Waals surface area contributed by atoms with E-state index < -0.39 is 88.0 Å². The summed E-state index contributed by atoms with van der Waals surface area (Å²) in [5.74, 6) is -7.37. The van der Waals surface area contributed by atoms with Gasteiger partial charge in [0.25, 0.3) is 0 Å². The zero-order valence-electron chi connectivity index (χ0n) is 22.8. The summed E-state index contributed by atoms with van der Waals surface area (Å²) in [5, 5.41) is 45.5. The van der Waals surface area contributed by atoms with Crippen molar-refractivity contribution in [1.29, 1.82) is 0 Å². The molecule has 0 aromatic carbocycles. The molecule has 2 bridgehead atoms. The Morgan fingerprint density at radius 3 is 2.55 bits per heavy atom. The van der Waals surface area contributed by atoms with Gasteiger partial charge in [-0.05, 0) is 43.6 Å². The summed E-state index contributed by atoms with van der Waals surface area (Å²) < 4.78 is 17.7. The average molecular weight is 537 g/mol. The molecule has 0 aromatic rings. The number of rotatable bonds is 5. The van der Waals surface area contributed by atoms with Crippen LogP contribution in [-0.4, -0.2) is 80.6 Å². The molecular weight excluding hydrogens is 496 g/mol. The van der Waals surface area contributed by atoms with Crippen molar-refractivity contribution in [2.45, 2.75) is 96.6 Å². The number of ketones is 1. The van der Waals surface area contributed by atoms with Crippen LogP contribution in [0.4, 0.5) is 0 Å². The van der Waals surface area contributed by atoms with Gasteiger partial charge in [-0.25, -0.2) is 4.79 Å². The maximum atomic E-state index is 13.4. The number of hydrogen-bond donors (Lipinski definition) is 4. The summed E-state index contributed by atoms with van der Waals surface area (Å²) in [5.41, 5.74) is -3.00. The van der Waals surface area contributed by atoms with Crippen molar-refractivity contribution >= 4 is 17.7 Å². The van der Waals surface area contributed by atoms with Gasteiger partial charge in [0.15, 0.2) is 11.6 Å². The number of esters is 2. The number of aliphatic hydroxyl groups is 4. The monoisotopic (exact) mass is 536 g/mol. The van der Waals surface area contributed by atoms with Gasteiger partial charge in [0, 0.05) is 22.7 Å². The number of fused-ring (bicyclic) bond motifs is 1. The van der Waals surface area contributed by atoms with Crippen molar-refractivity contribution in [3.8, 4) is 0 Å². The Morgan fingerprint density at radius 2 is 1.95 bits per heavy atom. The summed E-state index contributed by atoms with van der Waals surface area (Å²) in [6.07, 6.45) is -3.49. The Labute approximate surface area is 222 Å². The average Bonchev–Trinajstić information content (AvgIpc) is 3.13. The van der Waals surface area contributed by atoms with Gasteiger partial charge in [-0.2, -0.15) is 0 Å². The standard InChI is InChI=1S/C28H40O10/c1-7-26(34,12(2)3)10-18(30)38-20-19-14(5)21(31)28(35)24-25(6)15(13(4)8-16(29)22(25)32)9-17(37-23(20)33)27(19,24)11-36-28/h8,12,14-15,17,19-22,24,31-32,34-35H,7,9-11H2,1-6H3/t14-,15+,17-,19-,20-,21-,22-,24-,25-,26+,27+,28+/m1/s1. The van der Waals surface area contributed by atoms with E-state index in [2.05, 4.69) is 0 Å². The Bertz CT molecular complexity index is 1090. The highest BCUT2D eigenvalue weighted by atomic mass is 16.7. The minimum atomic E-state index is -2.11. The molecule has 4 N–H and O–H groups in total. The highest BCUT2D eigenvalue weighted by Gasteiger charge is 2.83. The van der Waals surface area contributed by atoms with E-state index in [0.29, 0.717) is 12.0 Å². The Kier molecular flexibility index (Phi) is 6.25. The van der Waals surface area contributed by atoms with E-state index >= 15 is 0 Å². The van der Waals surface area contributed by atoms with Crippen LogP contribution in [-0.2, 0) is 28.6 Å². The van der Waals surface area contributed by atoms with Crippen molar-refractivity contribution in [2.75, 3.05) is 6.61 Å². The van der Waals surface area contributed by atoms with Crippen LogP contribution in [0, 0.1) is 40.4 Å². The van der Waals surface area contributed by atoms with E-state index in [-0.39, 0.29) is 25.4 Å². The lowest BCUT2D eigenvalue weighted by Gasteiger charge is -2.68. The maximum Gasteiger partial charge on any atom is 0.348 e. The van der Waals surface area contributed by atoms with E-state index in [1.165, 1.54) is 6.08 Å². The van der Waals surface area contributed by atoms with Crippen LogP contribution in [0.1, 0.15) is 60.8 Å². The van der Waals surface area contributed by atoms with Gasteiger partial charge in [0.2, 0.25) is 6.10 Å². The number of carbonyl (C=O) groups excluding carboxylic acids is 3. The van der Waals surface area contributed by atoms with E-state index in [1.54, 1.807) is 41.5 Å². The first-order chi connectivity index (χ1) is 17.6. The minimum Gasteiger partial charge on any atom is -0.459 e. The van der Waals surface area contributed by atoms with Gasteiger partial charge in [0.05, 0.1) is 18.6 Å². The summed E-state index contributed by atoms with van der Waals surface area (Å²) in [4.78, 5) is 39.4. The summed E-state index contributed by atoms with van der Waals surface area (Å²) in [6.45, 7) is 10.4. The van der Waals surface area contributed by atoms with Crippen LogP contribution < -0.4 is 0 Å². The molecule has 2 heterocycles. The third kappa shape index (κ3) is 3.27. The second kappa shape index (κ2) is 8.57. The highest BCUT2D eigenvalue weighted by molar-refractivity contribution is 5.96. The third-order valence-electron chi connectivity index (χ3n) is 11.0. The predicted molar refractivity (Wildman–Crippen MR) is 131 cm³/mol. The lowest BCUT2D eigenvalue weighted by Crippen LogP contribution is -2.78. The van der Waals surface area contributed by atoms with Crippen molar-refractivity contribution in [3.05, 3.63) is 11.6 Å². The smallest absolute Gasteiger partial charge is 0.348 e. The fraction of sp³-hybridized carbons (Fsp3) is 0.821. The van der Waals surface area contributed by atoms with Crippen LogP contribution in [0.3, 0.4) is 0 Å². The van der Waals surface area contributed by atoms with Crippen LogP contribution in [0.25, 0.3) is 0 Å². The number of hydrogen-bond acceptors (Lipinski definition) is 10. The van der Waals surface area contributed by atoms with Crippen LogP contribution in [0.2, 0.25) is 0 Å². The van der Waals surface area contributed by atoms with Gasteiger partial charge < -0.3 is 34.6 Å². The zero-order chi connectivity index (χ0) is 28.2. The molecule has 0 aromatic heterocycles. The summed E-state index contributed by atoms with van der Waals surface area (Å²) in [7, 11) is 0. The molecule has 2 saturated heterocycles. The van der Waals surface area contributed by atoms with E-state index in [4.69, 9.17) is 14.2 Å². The highest BCUT2D eigenvalue weighted by Crippen LogP contribution is 2.73. The van der Waals surface area contributed by atoms with E-state index in [1.807, 2.05) is 0 Å². The van der Waals surface area contributed by atoms with Crippen LogP contribution in [0.5, 0.6) is 0 Å². The Balaban J connectivity index is 1.60. The minimum absolute atomic E-state index is 0.108. The summed E-state index contributed by atoms with van der Waals surface area (Å²) >= 11 is 0. The lowest BCUT2D eigenvalue weighted by atomic mass is 9.38. The van der Waals surface area contributed by atoms with Gasteiger partial charge in [0.1, 0.15) is 18.3 Å². The largest absolute Gasteiger partial charge is 0.459 e. The van der Waals surface area contributed by atoms with E-state index in [9.17, 15) is 34.8 Å². The van der Waals surface area contributed by atoms with Gasteiger partial charge in [-0.3, -0.25) is 9.59 Å². The molecule has 10 heteroatoms. The molecule has 38 heavy (non-hydrogen) atoms. The number of allylic oxidation sites excluding steroid dienone is 1. The molecule has 12 atom stereocenters. The number of aliphatic hydroxyl groups excluding tert-OH is 2. The molecule has 0 radical (unpaired) electrons. The molecule has 212 valence electrons. The van der Waals surface area contributed by atoms with Crippen molar-refractivity contribution in [2.24, 2.45) is 40.4 Å². The molecule has 10 nitrogen and oxygen atoms in total. The van der Waals surface area contributed by atoms with Crippen LogP contribution >= 0.6 is 0 Å². The number of ether oxygens (including phenoxy) is 3. The normalized spacial score (nSPS) is 49.0. The first-order valence-electron chi connectivity index (χ1n) is 13.7. The fourth-order valence-corrected chi connectivity index (χ4v) is 8.90. The van der Waals surface area contributed by atoms with Crippen molar-refractivity contribution in [3.63, 3.8) is 0 Å². The molecule has 0 amide bonds. The van der Waals surface area contributed by atoms with Crippen molar-refractivity contribution < 1.29 is 49.0 Å². The first-order valence-corrected chi connectivity index (χ1v) is 13.7. The van der Waals surface area contributed by atoms with Gasteiger partial charge in [-0.1, -0.05) is 40.2 Å². The number of carbonyl (C=O) groups is 3. The van der Waals surface area contributed by atoms with Crippen LogP contribution in [0.15, 0.2) is 11.6 Å². The first kappa shape index (κ1) is 27.7. The molecule has 5 rings (SSSR count). The molecule has 3 aliphatic carbocycles. The Morgan fingerprint density at radius 1 is 1.29 bits per heavy atom. The molecule has 2 aliphatic heterocycles. The molecule has 4 fully saturated rings. The molecule has 0 unspecified atom stereocenters. The molecule has 5 aliphatic rings. The second-order valence-corrected chi connectivity index (χ2v) is 12.9. The zero-order valence-corrected chi connectivity index (χ0v) is 22.8. The third-order valence-corrected chi connectivity index (χ3v) is 11.0. The molecular formula is C28H40O10. The van der Waals surface area contributed by atoms with Gasteiger partial charge >= 0.3 is 11.9 Å². The predicted octanol–water partition coefficient (Wildman–Crippen LogP) is 0.875. The maximum absolute atomic E-state index is 13.4. The second-order valence-electron chi connectivity index (χ2n) is 12.9. The molecule has 2 saturated carbocycles. The quantitative estimate of drug-likeness (QED) is 0.371. The van der Waals surface area contributed by atoms with Gasteiger partial charge in [-0.15, -0.1) is 0 Å². The molecule has 1 spiro atoms. The van der Waals surface area contributed by atoms with E-state index in [0.717, 1.165) is 0 Å². The lowest BCUT2D eigenvalue weighted by molar-refractivity contribution is -0.340. The fourth-order valence-electron chi connectivity index (χ4n) is 8.90. The summed E-state index contributed by atoms with van der Waals surface area (Å²) in [6, 6.07) is 0. The SMILES string of the molecule is CC[C@](O)(CC(=O)O[C@H]1C(=O)O[C@@H]2C[C@H]3C(C)=CC(=O)[C@@H](O)[C@]3(C)[C@H]3[C@@]4(O)OC[C@]32[C@@H]1[C@@H](C)[C@H]4O)C(C)C. The Hall–Kier alpha value is -1.85. The topological polar surface area (TPSA) is 160 Å².